The number of aryl methyl sites for hydroxylation is 1. The van der Waals surface area contributed by atoms with Crippen LogP contribution in [-0.2, 0) is 9.47 Å². The smallest absolute Gasteiger partial charge is 0.203 e. The number of aromatic nitrogens is 4. The van der Waals surface area contributed by atoms with E-state index in [2.05, 4.69) is 20.1 Å². The van der Waals surface area contributed by atoms with Gasteiger partial charge in [0.1, 0.15) is 5.82 Å². The van der Waals surface area contributed by atoms with E-state index in [9.17, 15) is 0 Å². The summed E-state index contributed by atoms with van der Waals surface area (Å²) in [4.78, 5) is 6.68. The van der Waals surface area contributed by atoms with Crippen molar-refractivity contribution >= 4 is 11.5 Å². The molecule has 2 saturated heterocycles. The molecule has 0 aromatic carbocycles. The van der Waals surface area contributed by atoms with Gasteiger partial charge in [0.05, 0.1) is 19.8 Å². The van der Waals surface area contributed by atoms with Gasteiger partial charge in [-0.25, -0.2) is 4.98 Å². The van der Waals surface area contributed by atoms with Crippen LogP contribution in [0.2, 0.25) is 0 Å². The summed E-state index contributed by atoms with van der Waals surface area (Å²) in [7, 11) is 0. The molecule has 2 aromatic heterocycles. The minimum atomic E-state index is -0.457. The maximum atomic E-state index is 5.82. The van der Waals surface area contributed by atoms with Crippen molar-refractivity contribution in [1.29, 1.82) is 0 Å². The first-order chi connectivity index (χ1) is 9.77. The summed E-state index contributed by atoms with van der Waals surface area (Å²) in [5.41, 5.74) is 0.792. The number of hydrogen-bond donors (Lipinski definition) is 0. The summed E-state index contributed by atoms with van der Waals surface area (Å²) in [5, 5.41) is 8.36. The number of rotatable bonds is 1. The van der Waals surface area contributed by atoms with Gasteiger partial charge in [-0.15, -0.1) is 10.2 Å². The monoisotopic (exact) mass is 275 g/mol. The molecule has 0 radical (unpaired) electrons. The van der Waals surface area contributed by atoms with Crippen molar-refractivity contribution in [3.63, 3.8) is 0 Å². The minimum absolute atomic E-state index is 0.457. The Morgan fingerprint density at radius 1 is 1.25 bits per heavy atom. The Morgan fingerprint density at radius 2 is 2.10 bits per heavy atom. The summed E-state index contributed by atoms with van der Waals surface area (Å²) in [6.45, 7) is 4.92. The normalized spacial score (nSPS) is 21.9. The van der Waals surface area contributed by atoms with Gasteiger partial charge in [-0.3, -0.25) is 4.40 Å². The maximum Gasteiger partial charge on any atom is 0.203 e. The first-order valence-electron chi connectivity index (χ1n) is 6.97. The fraction of sp³-hybridized carbons (Fsp3) is 0.615. The van der Waals surface area contributed by atoms with Crippen LogP contribution in [0, 0.1) is 6.92 Å². The zero-order valence-electron chi connectivity index (χ0n) is 11.4. The van der Waals surface area contributed by atoms with E-state index in [0.717, 1.165) is 36.7 Å². The molecule has 20 heavy (non-hydrogen) atoms. The highest BCUT2D eigenvalue weighted by Gasteiger charge is 2.41. The lowest BCUT2D eigenvalue weighted by atomic mass is 10.0. The number of hydrogen-bond acceptors (Lipinski definition) is 6. The molecule has 0 unspecified atom stereocenters. The highest BCUT2D eigenvalue weighted by atomic mass is 16.7. The molecule has 0 bridgehead atoms. The first-order valence-corrected chi connectivity index (χ1v) is 6.97. The molecule has 4 rings (SSSR count). The van der Waals surface area contributed by atoms with Crippen LogP contribution in [-0.4, -0.2) is 51.7 Å². The van der Waals surface area contributed by atoms with Crippen LogP contribution < -0.4 is 4.90 Å². The first kappa shape index (κ1) is 12.0. The Morgan fingerprint density at radius 3 is 2.95 bits per heavy atom. The van der Waals surface area contributed by atoms with E-state index in [1.807, 2.05) is 17.5 Å². The molecule has 7 heteroatoms. The van der Waals surface area contributed by atoms with Crippen LogP contribution >= 0.6 is 0 Å². The van der Waals surface area contributed by atoms with Crippen LogP contribution in [0.25, 0.3) is 5.65 Å². The SMILES string of the molecule is Cc1nnc2c(N3CCCC4(C3)OCCO4)nccn12. The summed E-state index contributed by atoms with van der Waals surface area (Å²) in [6.07, 6.45) is 5.64. The average molecular weight is 275 g/mol. The van der Waals surface area contributed by atoms with Crippen LogP contribution in [0.1, 0.15) is 18.7 Å². The number of nitrogens with zero attached hydrogens (tertiary/aromatic N) is 5. The molecule has 0 atom stereocenters. The summed E-state index contributed by atoms with van der Waals surface area (Å²) in [6, 6.07) is 0. The van der Waals surface area contributed by atoms with E-state index in [0.29, 0.717) is 19.8 Å². The fourth-order valence-electron chi connectivity index (χ4n) is 3.05. The van der Waals surface area contributed by atoms with Crippen molar-refractivity contribution in [1.82, 2.24) is 19.6 Å². The molecular weight excluding hydrogens is 258 g/mol. The van der Waals surface area contributed by atoms with Gasteiger partial charge in [-0.05, 0) is 13.3 Å². The largest absolute Gasteiger partial charge is 0.348 e. The highest BCUT2D eigenvalue weighted by molar-refractivity contribution is 5.64. The van der Waals surface area contributed by atoms with Crippen LogP contribution in [0.15, 0.2) is 12.4 Å². The third kappa shape index (κ3) is 1.77. The molecule has 1 spiro atoms. The number of anilines is 1. The molecule has 106 valence electrons. The lowest BCUT2D eigenvalue weighted by Crippen LogP contribution is -2.49. The van der Waals surface area contributed by atoms with Crippen molar-refractivity contribution < 1.29 is 9.47 Å². The zero-order valence-corrected chi connectivity index (χ0v) is 11.4. The van der Waals surface area contributed by atoms with E-state index in [-0.39, 0.29) is 0 Å². The molecule has 7 nitrogen and oxygen atoms in total. The lowest BCUT2D eigenvalue weighted by molar-refractivity contribution is -0.161. The molecule has 2 aliphatic heterocycles. The number of piperidine rings is 1. The molecule has 0 N–H and O–H groups in total. The van der Waals surface area contributed by atoms with Gasteiger partial charge in [0.25, 0.3) is 0 Å². The third-order valence-electron chi connectivity index (χ3n) is 4.01. The highest BCUT2D eigenvalue weighted by Crippen LogP contribution is 2.32. The molecule has 0 saturated carbocycles. The van der Waals surface area contributed by atoms with Gasteiger partial charge in [0.2, 0.25) is 5.65 Å². The molecule has 2 fully saturated rings. The van der Waals surface area contributed by atoms with Gasteiger partial charge >= 0.3 is 0 Å². The predicted octanol–water partition coefficient (Wildman–Crippen LogP) is 0.776. The summed E-state index contributed by atoms with van der Waals surface area (Å²) >= 11 is 0. The Balaban J connectivity index is 1.71. The van der Waals surface area contributed by atoms with Gasteiger partial charge in [-0.1, -0.05) is 0 Å². The Hall–Kier alpha value is -1.73. The van der Waals surface area contributed by atoms with Gasteiger partial charge in [-0.2, -0.15) is 0 Å². The summed E-state index contributed by atoms with van der Waals surface area (Å²) < 4.78 is 13.6. The molecule has 2 aliphatic rings. The second-order valence-electron chi connectivity index (χ2n) is 5.32. The maximum absolute atomic E-state index is 5.82. The van der Waals surface area contributed by atoms with Gasteiger partial charge < -0.3 is 14.4 Å². The summed E-state index contributed by atoms with van der Waals surface area (Å²) in [5.74, 6) is 1.26. The van der Waals surface area contributed by atoms with Crippen LogP contribution in [0.4, 0.5) is 5.82 Å². The molecule has 0 amide bonds. The van der Waals surface area contributed by atoms with Crippen molar-refractivity contribution in [3.8, 4) is 0 Å². The molecule has 2 aromatic rings. The van der Waals surface area contributed by atoms with Crippen molar-refractivity contribution in [3.05, 3.63) is 18.2 Å². The number of fused-ring (bicyclic) bond motifs is 1. The van der Waals surface area contributed by atoms with E-state index in [1.54, 1.807) is 6.20 Å². The molecule has 0 aliphatic carbocycles. The van der Waals surface area contributed by atoms with E-state index in [1.165, 1.54) is 0 Å². The topological polar surface area (TPSA) is 64.8 Å². The Kier molecular flexibility index (Phi) is 2.64. The quantitative estimate of drug-likeness (QED) is 0.766. The van der Waals surface area contributed by atoms with Crippen LogP contribution in [0.3, 0.4) is 0 Å². The van der Waals surface area contributed by atoms with Crippen molar-refractivity contribution in [2.45, 2.75) is 25.6 Å². The van der Waals surface area contributed by atoms with E-state index < -0.39 is 5.79 Å². The average Bonchev–Trinajstić information content (AvgIpc) is 3.07. The van der Waals surface area contributed by atoms with E-state index in [4.69, 9.17) is 9.47 Å². The van der Waals surface area contributed by atoms with Gasteiger partial charge in [0, 0.05) is 25.4 Å². The van der Waals surface area contributed by atoms with Crippen molar-refractivity contribution in [2.24, 2.45) is 0 Å². The second kappa shape index (κ2) is 4.39. The van der Waals surface area contributed by atoms with Gasteiger partial charge in [0.15, 0.2) is 11.6 Å². The minimum Gasteiger partial charge on any atom is -0.348 e. The van der Waals surface area contributed by atoms with E-state index >= 15 is 0 Å². The predicted molar refractivity (Wildman–Crippen MR) is 71.6 cm³/mol. The van der Waals surface area contributed by atoms with Crippen LogP contribution in [0.5, 0.6) is 0 Å². The molecule has 4 heterocycles. The number of ether oxygens (including phenoxy) is 2. The zero-order chi connectivity index (χ0) is 13.6. The van der Waals surface area contributed by atoms with Crippen molar-refractivity contribution in [2.75, 3.05) is 31.2 Å². The Labute approximate surface area is 116 Å². The molecular formula is C13H17N5O2. The second-order valence-corrected chi connectivity index (χ2v) is 5.32. The Bertz CT molecular complexity index is 635. The fourth-order valence-corrected chi connectivity index (χ4v) is 3.05. The third-order valence-corrected chi connectivity index (χ3v) is 4.01. The lowest BCUT2D eigenvalue weighted by Gasteiger charge is -2.39. The standard InChI is InChI=1S/C13H17N5O2/c1-10-15-16-12-11(14-4-6-18(10)12)17-5-2-3-13(9-17)19-7-8-20-13/h4,6H,2-3,5,7-9H2,1H3.